The molecule has 6 atom stereocenters. The zero-order chi connectivity index (χ0) is 32.0. The summed E-state index contributed by atoms with van der Waals surface area (Å²) in [6, 6.07) is 19.2. The van der Waals surface area contributed by atoms with Crippen molar-refractivity contribution >= 4 is 24.9 Å². The minimum Gasteiger partial charge on any atom is -0.476 e. The lowest BCUT2D eigenvalue weighted by molar-refractivity contribution is -0.0447. The molecule has 5 rings (SSSR count). The van der Waals surface area contributed by atoms with Crippen LogP contribution in [0.3, 0.4) is 0 Å². The van der Waals surface area contributed by atoms with Crippen molar-refractivity contribution in [1.29, 1.82) is 0 Å². The van der Waals surface area contributed by atoms with E-state index in [0.717, 1.165) is 24.0 Å². The largest absolute Gasteiger partial charge is 0.476 e. The number of aromatic nitrogens is 4. The van der Waals surface area contributed by atoms with Crippen molar-refractivity contribution in [2.45, 2.75) is 76.7 Å². The molecule has 1 aliphatic rings. The average Bonchev–Trinajstić information content (AvgIpc) is 3.55. The van der Waals surface area contributed by atoms with Gasteiger partial charge in [-0.15, -0.1) is 0 Å². The van der Waals surface area contributed by atoms with Gasteiger partial charge in [0.05, 0.1) is 31.2 Å². The first-order chi connectivity index (χ1) is 21.6. The molecule has 4 aromatic rings. The number of imidazole rings is 1. The topological polar surface area (TPSA) is 182 Å². The minimum absolute atomic E-state index is 0.0107. The quantitative estimate of drug-likeness (QED) is 0.132. The van der Waals surface area contributed by atoms with Gasteiger partial charge in [0, 0.05) is 6.54 Å². The molecule has 0 spiro atoms. The third kappa shape index (κ3) is 7.53. The highest BCUT2D eigenvalue weighted by molar-refractivity contribution is 7.51. The third-order valence-electron chi connectivity index (χ3n) is 7.75. The molecule has 0 amide bonds. The molecule has 0 bridgehead atoms. The van der Waals surface area contributed by atoms with Gasteiger partial charge in [-0.2, -0.15) is 9.97 Å². The smallest absolute Gasteiger partial charge is 0.406 e. The number of hydrogen-bond acceptors (Lipinski definition) is 11. The number of hydrogen-bond donors (Lipinski definition) is 4. The van der Waals surface area contributed by atoms with Crippen molar-refractivity contribution in [3.63, 3.8) is 0 Å². The fraction of sp³-hybridized carbons (Fsp3) is 0.452. The van der Waals surface area contributed by atoms with Crippen molar-refractivity contribution in [1.82, 2.24) is 24.6 Å². The summed E-state index contributed by atoms with van der Waals surface area (Å²) in [4.78, 5) is 12.9. The number of rotatable bonds is 15. The Balaban J connectivity index is 1.38. The maximum Gasteiger partial charge on any atom is 0.406 e. The number of ether oxygens (including phenoxy) is 2. The van der Waals surface area contributed by atoms with Crippen LogP contribution < -0.4 is 21.3 Å². The van der Waals surface area contributed by atoms with E-state index in [-0.39, 0.29) is 25.0 Å². The van der Waals surface area contributed by atoms with Gasteiger partial charge in [-0.3, -0.25) is 13.6 Å². The van der Waals surface area contributed by atoms with Gasteiger partial charge in [-0.05, 0) is 31.4 Å². The molecule has 13 nitrogen and oxygen atoms in total. The van der Waals surface area contributed by atoms with Crippen molar-refractivity contribution in [3.8, 4) is 5.88 Å². The van der Waals surface area contributed by atoms with E-state index in [1.165, 1.54) is 6.33 Å². The highest BCUT2D eigenvalue weighted by Gasteiger charge is 2.53. The molecular weight excluding hydrogens is 597 g/mol. The Morgan fingerprint density at radius 2 is 1.84 bits per heavy atom. The molecule has 14 heteroatoms. The summed E-state index contributed by atoms with van der Waals surface area (Å²) in [5.41, 5.74) is 13.8. The maximum atomic E-state index is 14.4. The Morgan fingerprint density at radius 1 is 1.13 bits per heavy atom. The SMILES string of the molecule is CCCCC(OP(=O)(NCc1ccccc1)OCC1OC(n2cnc3c(OCC)nc(N)nc32)C(C)(N)C1O)c1ccccc1. The average molecular weight is 640 g/mol. The number of benzene rings is 2. The Hall–Kier alpha value is -3.42. The van der Waals surface area contributed by atoms with Crippen LogP contribution >= 0.6 is 7.75 Å². The molecule has 3 heterocycles. The van der Waals surface area contributed by atoms with Crippen molar-refractivity contribution in [2.24, 2.45) is 5.73 Å². The number of anilines is 1. The second-order valence-electron chi connectivity index (χ2n) is 11.2. The zero-order valence-electron chi connectivity index (χ0n) is 25.8. The van der Waals surface area contributed by atoms with Crippen molar-refractivity contribution < 1.29 is 28.2 Å². The molecule has 1 fully saturated rings. The summed E-state index contributed by atoms with van der Waals surface area (Å²) in [7, 11) is -3.96. The summed E-state index contributed by atoms with van der Waals surface area (Å²) in [5, 5.41) is 14.4. The molecule has 242 valence electrons. The van der Waals surface area contributed by atoms with Crippen LogP contribution in [0.1, 0.15) is 63.5 Å². The van der Waals surface area contributed by atoms with E-state index in [0.29, 0.717) is 24.2 Å². The Morgan fingerprint density at radius 3 is 2.53 bits per heavy atom. The number of nitrogens with one attached hydrogen (secondary N) is 1. The van der Waals surface area contributed by atoms with E-state index >= 15 is 0 Å². The van der Waals surface area contributed by atoms with Crippen LogP contribution in [0, 0.1) is 0 Å². The molecule has 2 aromatic heterocycles. The van der Waals surface area contributed by atoms with E-state index in [9.17, 15) is 9.67 Å². The summed E-state index contributed by atoms with van der Waals surface area (Å²) < 4.78 is 40.2. The van der Waals surface area contributed by atoms with Gasteiger partial charge in [-0.25, -0.2) is 14.6 Å². The molecule has 0 radical (unpaired) electrons. The first-order valence-electron chi connectivity index (χ1n) is 15.2. The van der Waals surface area contributed by atoms with Gasteiger partial charge < -0.3 is 26.0 Å². The van der Waals surface area contributed by atoms with E-state index in [1.807, 2.05) is 67.6 Å². The fourth-order valence-electron chi connectivity index (χ4n) is 5.32. The molecule has 6 unspecified atom stereocenters. The zero-order valence-corrected chi connectivity index (χ0v) is 26.7. The number of nitrogen functional groups attached to an aromatic ring is 1. The lowest BCUT2D eigenvalue weighted by Crippen LogP contribution is -2.52. The molecule has 0 aliphatic carbocycles. The molecule has 2 aromatic carbocycles. The van der Waals surface area contributed by atoms with E-state index in [1.54, 1.807) is 11.5 Å². The molecule has 1 saturated heterocycles. The number of fused-ring (bicyclic) bond motifs is 1. The summed E-state index contributed by atoms with van der Waals surface area (Å²) in [6.07, 6.45) is 0.369. The Labute approximate surface area is 262 Å². The second-order valence-corrected chi connectivity index (χ2v) is 13.0. The fourth-order valence-corrected chi connectivity index (χ4v) is 6.83. The Bertz CT molecular complexity index is 1590. The number of aliphatic hydroxyl groups is 1. The molecule has 0 saturated carbocycles. The standard InChI is InChI=1S/C31H42N7O6P/c1-4-6-17-23(22-15-11-8-12-16-22)44-45(40,35-18-21-13-9-7-10-14-21)42-19-24-26(39)31(3,33)29(43-24)38-20-34-25-27(38)36-30(32)37-28(25)41-5-2/h7-16,20,23-24,26,29,39H,4-6,17-19,33H2,1-3H3,(H,35,40)(H2,32,36,37). The highest BCUT2D eigenvalue weighted by Crippen LogP contribution is 2.51. The van der Waals surface area contributed by atoms with Crippen LogP contribution in [0.15, 0.2) is 67.0 Å². The molecular formula is C31H42N7O6P. The summed E-state index contributed by atoms with van der Waals surface area (Å²) in [6.45, 7) is 5.89. The van der Waals surface area contributed by atoms with Gasteiger partial charge in [0.1, 0.15) is 12.2 Å². The van der Waals surface area contributed by atoms with E-state index in [4.69, 9.17) is 30.0 Å². The van der Waals surface area contributed by atoms with Gasteiger partial charge in [0.25, 0.3) is 0 Å². The second kappa shape index (κ2) is 14.3. The number of aliphatic hydroxyl groups excluding tert-OH is 1. The number of nitrogens with two attached hydrogens (primary N) is 2. The van der Waals surface area contributed by atoms with E-state index < -0.39 is 37.8 Å². The van der Waals surface area contributed by atoms with Crippen LogP contribution in [0.25, 0.3) is 11.2 Å². The van der Waals surface area contributed by atoms with Gasteiger partial charge in [0.2, 0.25) is 11.8 Å². The minimum atomic E-state index is -3.96. The van der Waals surface area contributed by atoms with Crippen molar-refractivity contribution in [2.75, 3.05) is 18.9 Å². The molecule has 6 N–H and O–H groups in total. The lowest BCUT2D eigenvalue weighted by atomic mass is 9.93. The number of unbranched alkanes of at least 4 members (excludes halogenated alkanes) is 1. The van der Waals surface area contributed by atoms with Crippen LogP contribution in [0.4, 0.5) is 5.95 Å². The van der Waals surface area contributed by atoms with Gasteiger partial charge in [0.15, 0.2) is 17.4 Å². The summed E-state index contributed by atoms with van der Waals surface area (Å²) >= 11 is 0. The normalized spacial score (nSPS) is 23.6. The Kier molecular flexibility index (Phi) is 10.5. The van der Waals surface area contributed by atoms with Gasteiger partial charge >= 0.3 is 7.75 Å². The van der Waals surface area contributed by atoms with E-state index in [2.05, 4.69) is 27.0 Å². The van der Waals surface area contributed by atoms with Crippen LogP contribution in [0.5, 0.6) is 5.88 Å². The monoisotopic (exact) mass is 639 g/mol. The van der Waals surface area contributed by atoms with Crippen LogP contribution in [0.2, 0.25) is 0 Å². The lowest BCUT2D eigenvalue weighted by Gasteiger charge is -2.29. The van der Waals surface area contributed by atoms with Crippen LogP contribution in [-0.2, 0) is 24.9 Å². The first-order valence-corrected chi connectivity index (χ1v) is 16.7. The van der Waals surface area contributed by atoms with Crippen LogP contribution in [-0.4, -0.2) is 55.6 Å². The van der Waals surface area contributed by atoms with Crippen molar-refractivity contribution in [3.05, 3.63) is 78.1 Å². The highest BCUT2D eigenvalue weighted by atomic mass is 31.2. The predicted molar refractivity (Wildman–Crippen MR) is 170 cm³/mol. The predicted octanol–water partition coefficient (Wildman–Crippen LogP) is 4.65. The first kappa shape index (κ1) is 33.0. The molecule has 45 heavy (non-hydrogen) atoms. The van der Waals surface area contributed by atoms with Gasteiger partial charge in [-0.1, -0.05) is 80.4 Å². The third-order valence-corrected chi connectivity index (χ3v) is 9.32. The summed E-state index contributed by atoms with van der Waals surface area (Å²) in [5.74, 6) is 0.220. The molecule has 1 aliphatic heterocycles. The maximum absolute atomic E-state index is 14.4. The number of nitrogens with zero attached hydrogens (tertiary/aromatic N) is 4.